The van der Waals surface area contributed by atoms with E-state index in [1.165, 1.54) is 0 Å². The van der Waals surface area contributed by atoms with Gasteiger partial charge in [0.1, 0.15) is 0 Å². The molecule has 2 aromatic rings. The average Bonchev–Trinajstić information content (AvgIpc) is 3.00. The van der Waals surface area contributed by atoms with Gasteiger partial charge in [-0.3, -0.25) is 9.78 Å². The molecule has 1 saturated heterocycles. The first-order valence-corrected chi connectivity index (χ1v) is 7.04. The van der Waals surface area contributed by atoms with Gasteiger partial charge >= 0.3 is 0 Å². The van der Waals surface area contributed by atoms with Crippen LogP contribution in [0, 0.1) is 11.3 Å². The second-order valence-electron chi connectivity index (χ2n) is 5.85. The molecular weight excluding hydrogens is 278 g/mol. The maximum absolute atomic E-state index is 12.1. The molecule has 0 amide bonds. The summed E-state index contributed by atoms with van der Waals surface area (Å²) < 4.78 is 0. The molecule has 0 bridgehead atoms. The van der Waals surface area contributed by atoms with Crippen LogP contribution in [0.4, 0.5) is 5.95 Å². The molecular formula is C14H14ClN3O2. The number of aromatic nitrogens is 2. The van der Waals surface area contributed by atoms with Crippen molar-refractivity contribution < 1.29 is 5.11 Å². The van der Waals surface area contributed by atoms with E-state index in [1.807, 2.05) is 4.90 Å². The number of benzene rings is 1. The minimum atomic E-state index is -0.153. The van der Waals surface area contributed by atoms with E-state index in [9.17, 15) is 9.90 Å². The van der Waals surface area contributed by atoms with Crippen LogP contribution in [0.3, 0.4) is 0 Å². The van der Waals surface area contributed by atoms with Gasteiger partial charge in [0.05, 0.1) is 17.5 Å². The molecule has 5 nitrogen and oxygen atoms in total. The van der Waals surface area contributed by atoms with Gasteiger partial charge in [0.2, 0.25) is 5.95 Å². The van der Waals surface area contributed by atoms with E-state index in [0.717, 1.165) is 19.5 Å². The highest BCUT2D eigenvalue weighted by Gasteiger charge is 2.59. The highest BCUT2D eigenvalue weighted by molar-refractivity contribution is 6.31. The lowest BCUT2D eigenvalue weighted by molar-refractivity contribution is 0.216. The van der Waals surface area contributed by atoms with Crippen LogP contribution in [-0.4, -0.2) is 34.8 Å². The van der Waals surface area contributed by atoms with Crippen LogP contribution >= 0.6 is 11.6 Å². The molecule has 0 spiro atoms. The molecule has 2 fully saturated rings. The molecule has 4 rings (SSSR count). The second-order valence-corrected chi connectivity index (χ2v) is 6.29. The van der Waals surface area contributed by atoms with Crippen LogP contribution in [0.25, 0.3) is 10.9 Å². The molecule has 6 heteroatoms. The summed E-state index contributed by atoms with van der Waals surface area (Å²) in [6.45, 7) is 1.80. The van der Waals surface area contributed by atoms with E-state index >= 15 is 0 Å². The lowest BCUT2D eigenvalue weighted by atomic mass is 10.1. The average molecular weight is 292 g/mol. The molecule has 0 radical (unpaired) electrons. The van der Waals surface area contributed by atoms with Crippen LogP contribution < -0.4 is 10.5 Å². The lowest BCUT2D eigenvalue weighted by Gasteiger charge is -2.20. The van der Waals surface area contributed by atoms with Crippen LogP contribution in [0.5, 0.6) is 0 Å². The summed E-state index contributed by atoms with van der Waals surface area (Å²) in [5.74, 6) is 1.10. The smallest absolute Gasteiger partial charge is 0.260 e. The van der Waals surface area contributed by atoms with E-state index < -0.39 is 0 Å². The largest absolute Gasteiger partial charge is 0.396 e. The number of nitrogens with zero attached hydrogens (tertiary/aromatic N) is 2. The number of hydrogen-bond acceptors (Lipinski definition) is 4. The predicted molar refractivity (Wildman–Crippen MR) is 77.2 cm³/mol. The van der Waals surface area contributed by atoms with Crippen molar-refractivity contribution in [3.8, 4) is 0 Å². The highest BCUT2D eigenvalue weighted by atomic mass is 35.5. The first kappa shape index (κ1) is 12.2. The number of halogens is 1. The first-order valence-electron chi connectivity index (χ1n) is 6.67. The van der Waals surface area contributed by atoms with E-state index in [4.69, 9.17) is 11.6 Å². The molecule has 2 heterocycles. The molecule has 1 aromatic carbocycles. The van der Waals surface area contributed by atoms with Gasteiger partial charge in [0.15, 0.2) is 0 Å². The number of fused-ring (bicyclic) bond motifs is 2. The maximum atomic E-state index is 12.1. The van der Waals surface area contributed by atoms with E-state index in [2.05, 4.69) is 9.97 Å². The van der Waals surface area contributed by atoms with Crippen molar-refractivity contribution in [3.63, 3.8) is 0 Å². The van der Waals surface area contributed by atoms with Crippen molar-refractivity contribution in [2.75, 3.05) is 24.6 Å². The Morgan fingerprint density at radius 2 is 2.40 bits per heavy atom. The zero-order valence-corrected chi connectivity index (χ0v) is 11.5. The number of aromatic amines is 1. The molecule has 1 saturated carbocycles. The van der Waals surface area contributed by atoms with Crippen LogP contribution in [0.2, 0.25) is 5.02 Å². The van der Waals surface area contributed by atoms with Crippen molar-refractivity contribution in [2.45, 2.75) is 6.42 Å². The normalized spacial score (nSPS) is 27.9. The van der Waals surface area contributed by atoms with Gasteiger partial charge in [-0.2, -0.15) is 0 Å². The number of nitrogens with one attached hydrogen (secondary N) is 1. The summed E-state index contributed by atoms with van der Waals surface area (Å²) in [6.07, 6.45) is 1.07. The van der Waals surface area contributed by atoms with Crippen LogP contribution in [-0.2, 0) is 0 Å². The van der Waals surface area contributed by atoms with Crippen molar-refractivity contribution in [1.82, 2.24) is 9.97 Å². The van der Waals surface area contributed by atoms with Gasteiger partial charge in [-0.05, 0) is 30.5 Å². The zero-order valence-electron chi connectivity index (χ0n) is 10.8. The maximum Gasteiger partial charge on any atom is 0.260 e. The van der Waals surface area contributed by atoms with Gasteiger partial charge < -0.3 is 10.0 Å². The molecule has 20 heavy (non-hydrogen) atoms. The molecule has 104 valence electrons. The quantitative estimate of drug-likeness (QED) is 0.877. The summed E-state index contributed by atoms with van der Waals surface area (Å²) in [5, 5.41) is 10.6. The Balaban J connectivity index is 1.76. The molecule has 2 atom stereocenters. The third kappa shape index (κ3) is 1.66. The van der Waals surface area contributed by atoms with Gasteiger partial charge in [-0.1, -0.05) is 11.6 Å². The zero-order chi connectivity index (χ0) is 13.9. The van der Waals surface area contributed by atoms with Gasteiger partial charge in [0, 0.05) is 23.5 Å². The number of anilines is 1. The van der Waals surface area contributed by atoms with Crippen molar-refractivity contribution in [1.29, 1.82) is 0 Å². The van der Waals surface area contributed by atoms with E-state index in [0.29, 0.717) is 27.8 Å². The monoisotopic (exact) mass is 291 g/mol. The summed E-state index contributed by atoms with van der Waals surface area (Å²) in [4.78, 5) is 21.5. The number of H-pyrrole nitrogens is 1. The SMILES string of the molecule is O=c1[nH]c(N2CC3CC3(CO)C2)nc2cc(Cl)ccc12. The van der Waals surface area contributed by atoms with Crippen molar-refractivity contribution >= 4 is 28.5 Å². The Kier molecular flexibility index (Phi) is 2.41. The standard InChI is InChI=1S/C14H14ClN3O2/c15-9-1-2-10-11(3-9)16-13(17-12(10)20)18-5-8-4-14(8,6-18)7-19/h1-3,8,19H,4-7H2,(H,16,17,20). The topological polar surface area (TPSA) is 69.2 Å². The van der Waals surface area contributed by atoms with Gasteiger partial charge in [-0.25, -0.2) is 4.98 Å². The Morgan fingerprint density at radius 3 is 3.15 bits per heavy atom. The summed E-state index contributed by atoms with van der Waals surface area (Å²) in [7, 11) is 0. The lowest BCUT2D eigenvalue weighted by Crippen LogP contribution is -2.29. The van der Waals surface area contributed by atoms with Gasteiger partial charge in [0.25, 0.3) is 5.56 Å². The van der Waals surface area contributed by atoms with Crippen LogP contribution in [0.15, 0.2) is 23.0 Å². The Hall–Kier alpha value is -1.59. The van der Waals surface area contributed by atoms with Crippen molar-refractivity contribution in [2.24, 2.45) is 11.3 Å². The fraction of sp³-hybridized carbons (Fsp3) is 0.429. The molecule has 1 aromatic heterocycles. The van der Waals surface area contributed by atoms with Crippen LogP contribution in [0.1, 0.15) is 6.42 Å². The van der Waals surface area contributed by atoms with Gasteiger partial charge in [-0.15, -0.1) is 0 Å². The minimum Gasteiger partial charge on any atom is -0.396 e. The molecule has 1 aliphatic carbocycles. The minimum absolute atomic E-state index is 0.0296. The fourth-order valence-electron chi connectivity index (χ4n) is 3.25. The fourth-order valence-corrected chi connectivity index (χ4v) is 3.42. The Bertz CT molecular complexity index is 756. The summed E-state index contributed by atoms with van der Waals surface area (Å²) in [5.41, 5.74) is 0.483. The van der Waals surface area contributed by atoms with Crippen molar-refractivity contribution in [3.05, 3.63) is 33.6 Å². The third-order valence-corrected chi connectivity index (χ3v) is 4.81. The second kappa shape index (κ2) is 3.96. The van der Waals surface area contributed by atoms with E-state index in [1.54, 1.807) is 18.2 Å². The summed E-state index contributed by atoms with van der Waals surface area (Å²) in [6, 6.07) is 5.07. The molecule has 2 unspecified atom stereocenters. The predicted octanol–water partition coefficient (Wildman–Crippen LogP) is 1.40. The number of aliphatic hydroxyl groups is 1. The number of rotatable bonds is 2. The summed E-state index contributed by atoms with van der Waals surface area (Å²) >= 11 is 5.96. The number of piperidine rings is 1. The molecule has 1 aliphatic heterocycles. The Labute approximate surface area is 120 Å². The highest BCUT2D eigenvalue weighted by Crippen LogP contribution is 2.57. The number of aliphatic hydroxyl groups excluding tert-OH is 1. The molecule has 2 aliphatic rings. The first-order chi connectivity index (χ1) is 9.61. The molecule has 2 N–H and O–H groups in total. The Morgan fingerprint density at radius 1 is 1.55 bits per heavy atom. The number of hydrogen-bond donors (Lipinski definition) is 2. The third-order valence-electron chi connectivity index (χ3n) is 4.58. The van der Waals surface area contributed by atoms with E-state index in [-0.39, 0.29) is 17.6 Å².